The predicted octanol–water partition coefficient (Wildman–Crippen LogP) is 1.49. The number of nitrogens with zero attached hydrogens (tertiary/aromatic N) is 4. The van der Waals surface area contributed by atoms with Crippen molar-refractivity contribution < 1.29 is 38.4 Å². The molecule has 2 aliphatic carbocycles. The normalized spacial score (nSPS) is 28.3. The monoisotopic (exact) mass is 1010 g/mol. The van der Waals surface area contributed by atoms with Gasteiger partial charge in [0.25, 0.3) is 0 Å². The Balaban J connectivity index is 0.822. The quantitative estimate of drug-likeness (QED) is 0.121. The van der Waals surface area contributed by atoms with Crippen molar-refractivity contribution in [3.63, 3.8) is 0 Å². The first-order valence-electron chi connectivity index (χ1n) is 26.6. The van der Waals surface area contributed by atoms with Crippen molar-refractivity contribution in [3.8, 4) is 0 Å². The summed E-state index contributed by atoms with van der Waals surface area (Å²) >= 11 is 0. The summed E-state index contributed by atoms with van der Waals surface area (Å²) in [4.78, 5) is 118. The summed E-state index contributed by atoms with van der Waals surface area (Å²) in [5, 5.41) is 18.0. The summed E-state index contributed by atoms with van der Waals surface area (Å²) in [7, 11) is 3.30. The molecule has 9 rings (SSSR count). The molecule has 0 bridgehead atoms. The molecule has 4 heterocycles. The van der Waals surface area contributed by atoms with Gasteiger partial charge in [0.2, 0.25) is 47.3 Å². The highest BCUT2D eigenvalue weighted by molar-refractivity contribution is 5.96. The number of hydrogen-bond acceptors (Lipinski definition) is 10. The second kappa shape index (κ2) is 22.8. The van der Waals surface area contributed by atoms with Crippen molar-refractivity contribution in [1.82, 2.24) is 51.5 Å². The Kier molecular flexibility index (Phi) is 16.1. The van der Waals surface area contributed by atoms with Crippen LogP contribution in [-0.4, -0.2) is 168 Å². The highest BCUT2D eigenvalue weighted by Crippen LogP contribution is 2.42. The van der Waals surface area contributed by atoms with Crippen LogP contribution in [0.1, 0.15) is 99.3 Å². The van der Waals surface area contributed by atoms with Gasteiger partial charge in [-0.2, -0.15) is 0 Å². The summed E-state index contributed by atoms with van der Waals surface area (Å²) < 4.78 is 0. The number of fused-ring (bicyclic) bond motifs is 2. The van der Waals surface area contributed by atoms with Crippen LogP contribution in [0.15, 0.2) is 84.9 Å². The minimum atomic E-state index is -1.07. The van der Waals surface area contributed by atoms with Crippen molar-refractivity contribution in [1.29, 1.82) is 0 Å². The molecular formula is C56H72N10O8. The van der Waals surface area contributed by atoms with Crippen molar-refractivity contribution >= 4 is 47.3 Å². The lowest BCUT2D eigenvalue weighted by Gasteiger charge is -2.39. The van der Waals surface area contributed by atoms with E-state index in [2.05, 4.69) is 56.2 Å². The Morgan fingerprint density at radius 3 is 1.26 bits per heavy atom. The number of benzene rings is 3. The number of carbonyl (C=O) groups is 8. The number of amides is 8. The summed E-state index contributed by atoms with van der Waals surface area (Å²) in [5.74, 6) is -1.91. The highest BCUT2D eigenvalue weighted by atomic mass is 16.2. The number of nitrogens with one attached hydrogen (secondary N) is 6. The average molecular weight is 1010 g/mol. The van der Waals surface area contributed by atoms with Gasteiger partial charge in [-0.3, -0.25) is 38.4 Å². The van der Waals surface area contributed by atoms with Gasteiger partial charge in [0.05, 0.1) is 24.9 Å². The van der Waals surface area contributed by atoms with Crippen molar-refractivity contribution in [2.75, 3.05) is 40.3 Å². The molecule has 4 saturated heterocycles. The van der Waals surface area contributed by atoms with Gasteiger partial charge in [0, 0.05) is 62.2 Å². The fraction of sp³-hybridized carbons (Fsp3) is 0.536. The molecule has 0 radical (unpaired) electrons. The molecule has 18 nitrogen and oxygen atoms in total. The molecule has 1 unspecified atom stereocenters. The van der Waals surface area contributed by atoms with E-state index in [0.29, 0.717) is 62.7 Å². The van der Waals surface area contributed by atoms with Gasteiger partial charge in [0.1, 0.15) is 24.2 Å². The molecule has 6 aliphatic rings. The third-order valence-corrected chi connectivity index (χ3v) is 16.4. The molecule has 3 aromatic rings. The third kappa shape index (κ3) is 11.8. The molecule has 18 heteroatoms. The first-order valence-corrected chi connectivity index (χ1v) is 26.6. The Morgan fingerprint density at radius 2 is 0.892 bits per heavy atom. The molecule has 12 atom stereocenters. The molecule has 3 aromatic carbocycles. The maximum Gasteiger partial charge on any atom is 0.247 e. The highest BCUT2D eigenvalue weighted by Gasteiger charge is 2.50. The Labute approximate surface area is 433 Å². The molecule has 394 valence electrons. The van der Waals surface area contributed by atoms with Gasteiger partial charge >= 0.3 is 0 Å². The molecule has 4 aliphatic heterocycles. The maximum atomic E-state index is 14.5. The smallest absolute Gasteiger partial charge is 0.247 e. The van der Waals surface area contributed by atoms with E-state index in [0.717, 1.165) is 12.8 Å². The summed E-state index contributed by atoms with van der Waals surface area (Å²) in [5.41, 5.74) is 3.74. The SMILES string of the molecule is CN[C@@H](C)C(=O)N[C@H]1CN(C(=O)Cc2ccc(CC(=O)N3CC[C@H]4CC[C@@H](C(=O)N[C@H]5C[C@@H]5c5ccccc5)N4C(=O)[C@@H](NC(=O)[C@H](C)NC)C3)cc2)CC[C@H]2CCC(C(=O)N[C@H]3C[C@@H]3c3ccccc3)N2C1=O. The lowest BCUT2D eigenvalue weighted by Crippen LogP contribution is -2.62. The van der Waals surface area contributed by atoms with Gasteiger partial charge in [-0.05, 0) is 102 Å². The zero-order valence-electron chi connectivity index (χ0n) is 43.0. The van der Waals surface area contributed by atoms with Crippen LogP contribution in [0.3, 0.4) is 0 Å². The van der Waals surface area contributed by atoms with Crippen LogP contribution in [0.5, 0.6) is 0 Å². The maximum absolute atomic E-state index is 14.5. The van der Waals surface area contributed by atoms with Crippen LogP contribution in [0.4, 0.5) is 0 Å². The zero-order chi connectivity index (χ0) is 52.2. The van der Waals surface area contributed by atoms with E-state index in [-0.39, 0.29) is 97.4 Å². The standard InChI is InChI=1S/C56H72N10O8/c1-33(57-3)51(69)61-45-31-63(25-23-39-19-21-47(65(39)55(45)73)53(71)59-43-29-41(43)37-11-7-5-8-12-37)49(67)27-35-15-17-36(18-16-35)28-50(68)64-26-24-40-20-22-48(54(72)60-44-30-42(44)38-13-9-6-10-14-38)66(40)56(74)46(32-64)62-52(70)34(2)58-4/h5-18,33-34,39-48,57-58H,19-32H2,1-4H3,(H,59,71)(H,60,72)(H,61,69)(H,62,70)/t33-,34-,39+,40+,41+,42+,43-,44-,45-,46-,47-,48?/m0/s1. The van der Waals surface area contributed by atoms with E-state index in [1.54, 1.807) is 71.8 Å². The van der Waals surface area contributed by atoms with Crippen LogP contribution >= 0.6 is 0 Å². The van der Waals surface area contributed by atoms with Gasteiger partial charge in [-0.15, -0.1) is 0 Å². The lowest BCUT2D eigenvalue weighted by atomic mass is 10.0. The van der Waals surface area contributed by atoms with Crippen molar-refractivity contribution in [3.05, 3.63) is 107 Å². The predicted molar refractivity (Wildman–Crippen MR) is 276 cm³/mol. The van der Waals surface area contributed by atoms with Crippen LogP contribution < -0.4 is 31.9 Å². The van der Waals surface area contributed by atoms with E-state index in [1.165, 1.54) is 11.1 Å². The van der Waals surface area contributed by atoms with Crippen LogP contribution in [-0.2, 0) is 51.2 Å². The Morgan fingerprint density at radius 1 is 0.514 bits per heavy atom. The van der Waals surface area contributed by atoms with Crippen molar-refractivity contribution in [2.24, 2.45) is 0 Å². The van der Waals surface area contributed by atoms with Gasteiger partial charge in [-0.25, -0.2) is 0 Å². The second-order valence-corrected chi connectivity index (χ2v) is 21.3. The summed E-state index contributed by atoms with van der Waals surface area (Å²) in [6.45, 7) is 3.92. The molecule has 2 saturated carbocycles. The number of likely N-dealkylation sites (N-methyl/N-ethyl adjacent to an activating group) is 2. The van der Waals surface area contributed by atoms with E-state index in [1.807, 2.05) is 36.4 Å². The number of carbonyl (C=O) groups excluding carboxylic acids is 8. The van der Waals surface area contributed by atoms with Gasteiger partial charge in [-0.1, -0.05) is 84.9 Å². The molecule has 6 N–H and O–H groups in total. The lowest BCUT2D eigenvalue weighted by molar-refractivity contribution is -0.147. The van der Waals surface area contributed by atoms with E-state index in [9.17, 15) is 38.4 Å². The first kappa shape index (κ1) is 52.2. The van der Waals surface area contributed by atoms with Gasteiger partial charge < -0.3 is 51.5 Å². The topological polar surface area (TPSA) is 222 Å². The minimum absolute atomic E-state index is 0.00337. The number of rotatable bonds is 16. The first-order chi connectivity index (χ1) is 35.7. The molecule has 74 heavy (non-hydrogen) atoms. The van der Waals surface area contributed by atoms with Crippen molar-refractivity contribution in [2.45, 2.75) is 150 Å². The van der Waals surface area contributed by atoms with E-state index < -0.39 is 48.1 Å². The second-order valence-electron chi connectivity index (χ2n) is 21.3. The van der Waals surface area contributed by atoms with Gasteiger partial charge in [0.15, 0.2) is 0 Å². The molecule has 8 amide bonds. The minimum Gasteiger partial charge on any atom is -0.351 e. The van der Waals surface area contributed by atoms with Crippen LogP contribution in [0, 0.1) is 0 Å². The molecular weight excluding hydrogens is 941 g/mol. The molecule has 0 spiro atoms. The fourth-order valence-corrected chi connectivity index (χ4v) is 11.5. The van der Waals surface area contributed by atoms with E-state index >= 15 is 0 Å². The Bertz CT molecular complexity index is 2390. The zero-order valence-corrected chi connectivity index (χ0v) is 43.0. The van der Waals surface area contributed by atoms with Crippen LogP contribution in [0.2, 0.25) is 0 Å². The fourth-order valence-electron chi connectivity index (χ4n) is 11.5. The average Bonchev–Trinajstić information content (AvgIpc) is 4.27. The molecule has 0 aromatic heterocycles. The largest absolute Gasteiger partial charge is 0.351 e. The van der Waals surface area contributed by atoms with E-state index in [4.69, 9.17) is 0 Å². The summed E-state index contributed by atoms with van der Waals surface area (Å²) in [6.07, 6.45) is 4.84. The summed E-state index contributed by atoms with van der Waals surface area (Å²) in [6, 6.07) is 22.1. The van der Waals surface area contributed by atoms with Crippen LogP contribution in [0.25, 0.3) is 0 Å². The Hall–Kier alpha value is -6.66. The number of hydrogen-bond donors (Lipinski definition) is 6. The molecule has 6 fully saturated rings. The third-order valence-electron chi connectivity index (χ3n) is 16.4.